The van der Waals surface area contributed by atoms with Gasteiger partial charge in [-0.2, -0.15) is 11.8 Å². The molecule has 1 aliphatic rings. The highest BCUT2D eigenvalue weighted by Crippen LogP contribution is 2.21. The highest BCUT2D eigenvalue weighted by molar-refractivity contribution is 7.99. The largest absolute Gasteiger partial charge is 0.368 e. The topological polar surface area (TPSA) is 134 Å². The maximum Gasteiger partial charge on any atom is 0.319 e. The van der Waals surface area contributed by atoms with E-state index in [4.69, 9.17) is 5.73 Å². The number of hydrogen-bond donors (Lipinski definition) is 4. The zero-order valence-electron chi connectivity index (χ0n) is 19.5. The standard InChI is InChI=1S/C24H27F2N5O4S/c1-36-13-20(32)31-10-9-18(30-24(35)29-17-8-7-15(25)12-16(17)26)21(31)23(34)28-19(22(27)33)11-14-5-3-2-4-6-14/h2-8,12,18-19,21H,9-11,13H2,1H3,(H2,27,33)(H,28,34)(H2,29,30,35). The Morgan fingerprint density at radius 2 is 1.86 bits per heavy atom. The molecule has 0 aliphatic carbocycles. The van der Waals surface area contributed by atoms with Crippen molar-refractivity contribution in [3.63, 3.8) is 0 Å². The molecule has 36 heavy (non-hydrogen) atoms. The van der Waals surface area contributed by atoms with Crippen molar-refractivity contribution in [1.29, 1.82) is 0 Å². The average Bonchev–Trinajstić information content (AvgIpc) is 3.25. The third kappa shape index (κ3) is 6.94. The van der Waals surface area contributed by atoms with E-state index in [0.717, 1.165) is 17.7 Å². The molecule has 1 heterocycles. The molecule has 9 nitrogen and oxygen atoms in total. The third-order valence-electron chi connectivity index (χ3n) is 5.69. The zero-order chi connectivity index (χ0) is 26.2. The number of nitrogens with one attached hydrogen (secondary N) is 3. The minimum absolute atomic E-state index is 0.118. The first-order chi connectivity index (χ1) is 17.2. The number of urea groups is 1. The van der Waals surface area contributed by atoms with Crippen LogP contribution in [0.3, 0.4) is 0 Å². The number of hydrogen-bond acceptors (Lipinski definition) is 5. The summed E-state index contributed by atoms with van der Waals surface area (Å²) in [5.41, 5.74) is 6.05. The van der Waals surface area contributed by atoms with Crippen molar-refractivity contribution in [1.82, 2.24) is 15.5 Å². The van der Waals surface area contributed by atoms with Crippen LogP contribution in [0.15, 0.2) is 48.5 Å². The number of amides is 5. The molecule has 192 valence electrons. The maximum absolute atomic E-state index is 13.9. The number of rotatable bonds is 9. The first kappa shape index (κ1) is 26.9. The predicted molar refractivity (Wildman–Crippen MR) is 132 cm³/mol. The van der Waals surface area contributed by atoms with Crippen LogP contribution < -0.4 is 21.7 Å². The molecule has 0 radical (unpaired) electrons. The maximum atomic E-state index is 13.9. The van der Waals surface area contributed by atoms with Crippen molar-refractivity contribution < 1.29 is 28.0 Å². The minimum Gasteiger partial charge on any atom is -0.368 e. The van der Waals surface area contributed by atoms with Crippen molar-refractivity contribution in [3.8, 4) is 0 Å². The summed E-state index contributed by atoms with van der Waals surface area (Å²) in [7, 11) is 0. The highest BCUT2D eigenvalue weighted by Gasteiger charge is 2.43. The van der Waals surface area contributed by atoms with Gasteiger partial charge in [0.25, 0.3) is 0 Å². The fraction of sp³-hybridized carbons (Fsp3) is 0.333. The van der Waals surface area contributed by atoms with E-state index in [0.29, 0.717) is 6.07 Å². The van der Waals surface area contributed by atoms with Crippen LogP contribution in [0, 0.1) is 11.6 Å². The average molecular weight is 520 g/mol. The molecule has 1 fully saturated rings. The molecule has 0 bridgehead atoms. The monoisotopic (exact) mass is 519 g/mol. The molecule has 5 amide bonds. The lowest BCUT2D eigenvalue weighted by atomic mass is 10.0. The lowest BCUT2D eigenvalue weighted by Gasteiger charge is -2.29. The van der Waals surface area contributed by atoms with E-state index in [1.807, 2.05) is 6.07 Å². The number of benzene rings is 2. The first-order valence-electron chi connectivity index (χ1n) is 11.1. The minimum atomic E-state index is -1.12. The number of primary amides is 1. The number of anilines is 1. The summed E-state index contributed by atoms with van der Waals surface area (Å²) >= 11 is 1.28. The van der Waals surface area contributed by atoms with Crippen LogP contribution in [-0.4, -0.2) is 65.3 Å². The molecule has 12 heteroatoms. The molecule has 2 aromatic carbocycles. The summed E-state index contributed by atoms with van der Waals surface area (Å²) in [6, 6.07) is 7.83. The fourth-order valence-corrected chi connectivity index (χ4v) is 4.41. The Morgan fingerprint density at radius 1 is 1.14 bits per heavy atom. The second kappa shape index (κ2) is 12.3. The van der Waals surface area contributed by atoms with Gasteiger partial charge in [0.1, 0.15) is 23.7 Å². The fourth-order valence-electron chi connectivity index (χ4n) is 4.00. The second-order valence-electron chi connectivity index (χ2n) is 8.24. The van der Waals surface area contributed by atoms with Gasteiger partial charge in [0.15, 0.2) is 0 Å². The third-order valence-corrected chi connectivity index (χ3v) is 6.23. The summed E-state index contributed by atoms with van der Waals surface area (Å²) in [5.74, 6) is -3.36. The van der Waals surface area contributed by atoms with E-state index in [-0.39, 0.29) is 36.7 Å². The van der Waals surface area contributed by atoms with Crippen molar-refractivity contribution in [3.05, 3.63) is 65.7 Å². The molecule has 5 N–H and O–H groups in total. The van der Waals surface area contributed by atoms with Crippen molar-refractivity contribution in [2.45, 2.75) is 31.0 Å². The normalized spacial score (nSPS) is 17.8. The van der Waals surface area contributed by atoms with Crippen LogP contribution >= 0.6 is 11.8 Å². The highest BCUT2D eigenvalue weighted by atomic mass is 32.2. The number of thioether (sulfide) groups is 1. The van der Waals surface area contributed by atoms with Gasteiger partial charge in [-0.1, -0.05) is 30.3 Å². The van der Waals surface area contributed by atoms with E-state index in [1.54, 1.807) is 30.5 Å². The van der Waals surface area contributed by atoms with Crippen LogP contribution in [0.1, 0.15) is 12.0 Å². The smallest absolute Gasteiger partial charge is 0.319 e. The molecule has 0 spiro atoms. The summed E-state index contributed by atoms with van der Waals surface area (Å²) < 4.78 is 27.1. The Bertz CT molecular complexity index is 1120. The number of nitrogens with zero attached hydrogens (tertiary/aromatic N) is 1. The van der Waals surface area contributed by atoms with E-state index in [2.05, 4.69) is 16.0 Å². The van der Waals surface area contributed by atoms with Gasteiger partial charge >= 0.3 is 6.03 Å². The Kier molecular flexibility index (Phi) is 9.23. The van der Waals surface area contributed by atoms with E-state index < -0.39 is 47.6 Å². The Balaban J connectivity index is 1.76. The zero-order valence-corrected chi connectivity index (χ0v) is 20.3. The number of nitrogens with two attached hydrogens (primary N) is 1. The molecule has 3 unspecified atom stereocenters. The number of carbonyl (C=O) groups is 4. The summed E-state index contributed by atoms with van der Waals surface area (Å²) in [6.07, 6.45) is 2.14. The summed E-state index contributed by atoms with van der Waals surface area (Å²) in [5, 5.41) is 7.49. The molecule has 2 aromatic rings. The van der Waals surface area contributed by atoms with Crippen molar-refractivity contribution >= 4 is 41.2 Å². The molecule has 1 aliphatic heterocycles. The van der Waals surface area contributed by atoms with E-state index in [1.165, 1.54) is 16.7 Å². The first-order valence-corrected chi connectivity index (χ1v) is 12.5. The van der Waals surface area contributed by atoms with Crippen molar-refractivity contribution in [2.24, 2.45) is 5.73 Å². The number of halogens is 2. The van der Waals surface area contributed by atoms with Gasteiger partial charge in [-0.25, -0.2) is 13.6 Å². The Labute approximate surface area is 211 Å². The Morgan fingerprint density at radius 3 is 2.50 bits per heavy atom. The molecular formula is C24H27F2N5O4S. The van der Waals surface area contributed by atoms with Gasteiger partial charge in [-0.3, -0.25) is 14.4 Å². The van der Waals surface area contributed by atoms with Crippen molar-refractivity contribution in [2.75, 3.05) is 23.9 Å². The molecule has 0 saturated carbocycles. The van der Waals surface area contributed by atoms with Gasteiger partial charge in [0.2, 0.25) is 17.7 Å². The molecule has 3 rings (SSSR count). The van der Waals surface area contributed by atoms with E-state index in [9.17, 15) is 28.0 Å². The Hall–Kier alpha value is -3.67. The lowest BCUT2D eigenvalue weighted by Crippen LogP contribution is -2.58. The van der Waals surface area contributed by atoms with Crippen LogP contribution in [0.2, 0.25) is 0 Å². The number of likely N-dealkylation sites (tertiary alicyclic amines) is 1. The van der Waals surface area contributed by atoms with Gasteiger partial charge in [-0.15, -0.1) is 0 Å². The summed E-state index contributed by atoms with van der Waals surface area (Å²) in [6.45, 7) is 0.188. The van der Waals surface area contributed by atoms with Gasteiger partial charge in [0, 0.05) is 19.0 Å². The molecule has 1 saturated heterocycles. The summed E-state index contributed by atoms with van der Waals surface area (Å²) in [4.78, 5) is 52.0. The van der Waals surface area contributed by atoms with Crippen LogP contribution in [0.25, 0.3) is 0 Å². The van der Waals surface area contributed by atoms with Crippen LogP contribution in [-0.2, 0) is 20.8 Å². The quantitative estimate of drug-likeness (QED) is 0.400. The van der Waals surface area contributed by atoms with Gasteiger partial charge in [-0.05, 0) is 30.4 Å². The molecular weight excluding hydrogens is 492 g/mol. The van der Waals surface area contributed by atoms with Crippen LogP contribution in [0.5, 0.6) is 0 Å². The van der Waals surface area contributed by atoms with E-state index >= 15 is 0 Å². The lowest BCUT2D eigenvalue weighted by molar-refractivity contribution is -0.138. The molecule has 0 aromatic heterocycles. The number of carbonyl (C=O) groups excluding carboxylic acids is 4. The SMILES string of the molecule is CSCC(=O)N1CCC(NC(=O)Nc2ccc(F)cc2F)C1C(=O)NC(Cc1ccccc1)C(N)=O. The van der Waals surface area contributed by atoms with Gasteiger partial charge in [0.05, 0.1) is 17.5 Å². The van der Waals surface area contributed by atoms with Gasteiger partial charge < -0.3 is 26.6 Å². The second-order valence-corrected chi connectivity index (χ2v) is 9.10. The van der Waals surface area contributed by atoms with Crippen LogP contribution in [0.4, 0.5) is 19.3 Å². The predicted octanol–water partition coefficient (Wildman–Crippen LogP) is 1.63. The molecule has 3 atom stereocenters.